The molecule has 1 aromatic heterocycles. The summed E-state index contributed by atoms with van der Waals surface area (Å²) in [5.41, 5.74) is 4.86. The predicted molar refractivity (Wildman–Crippen MR) is 88.0 cm³/mol. The third kappa shape index (κ3) is 3.75. The van der Waals surface area contributed by atoms with Crippen LogP contribution in [0.4, 0.5) is 5.69 Å². The summed E-state index contributed by atoms with van der Waals surface area (Å²) < 4.78 is 5.45. The lowest BCUT2D eigenvalue weighted by atomic mass is 9.87. The fraction of sp³-hybridized carbons (Fsp3) is 0.389. The first kappa shape index (κ1) is 15.4. The van der Waals surface area contributed by atoms with E-state index in [1.165, 1.54) is 16.7 Å². The van der Waals surface area contributed by atoms with Crippen molar-refractivity contribution in [3.63, 3.8) is 0 Å². The Labute approximate surface area is 127 Å². The van der Waals surface area contributed by atoms with Gasteiger partial charge in [-0.15, -0.1) is 0 Å². The van der Waals surface area contributed by atoms with Gasteiger partial charge in [-0.3, -0.25) is 4.98 Å². The first-order chi connectivity index (χ1) is 9.91. The largest absolute Gasteiger partial charge is 0.495 e. The van der Waals surface area contributed by atoms with E-state index in [-0.39, 0.29) is 5.41 Å². The Balaban J connectivity index is 2.24. The van der Waals surface area contributed by atoms with Crippen molar-refractivity contribution in [1.82, 2.24) is 4.98 Å². The zero-order chi connectivity index (χ0) is 15.5. The Kier molecular flexibility index (Phi) is 4.51. The molecule has 0 bridgehead atoms. The van der Waals surface area contributed by atoms with Crippen molar-refractivity contribution in [3.8, 4) is 5.75 Å². The van der Waals surface area contributed by atoms with Gasteiger partial charge in [-0.1, -0.05) is 26.8 Å². The Morgan fingerprint density at radius 2 is 1.95 bits per heavy atom. The van der Waals surface area contributed by atoms with Crippen LogP contribution in [0.2, 0.25) is 0 Å². The number of pyridine rings is 1. The van der Waals surface area contributed by atoms with Crippen LogP contribution >= 0.6 is 0 Å². The predicted octanol–water partition coefficient (Wildman–Crippen LogP) is 4.31. The summed E-state index contributed by atoms with van der Waals surface area (Å²) in [6.07, 6.45) is 3.72. The van der Waals surface area contributed by atoms with Crippen LogP contribution in [0.15, 0.2) is 36.7 Å². The van der Waals surface area contributed by atoms with Gasteiger partial charge in [0.25, 0.3) is 0 Å². The maximum Gasteiger partial charge on any atom is 0.141 e. The molecule has 112 valence electrons. The third-order valence-electron chi connectivity index (χ3n) is 3.68. The minimum absolute atomic E-state index is 0.118. The van der Waals surface area contributed by atoms with Gasteiger partial charge in [-0.05, 0) is 47.2 Å². The quantitative estimate of drug-likeness (QED) is 0.908. The van der Waals surface area contributed by atoms with Gasteiger partial charge in [0.15, 0.2) is 0 Å². The number of hydrogen-bond donors (Lipinski definition) is 1. The molecule has 3 nitrogen and oxygen atoms in total. The van der Waals surface area contributed by atoms with Crippen molar-refractivity contribution < 1.29 is 4.74 Å². The molecule has 0 spiro atoms. The number of methoxy groups -OCH3 is 1. The van der Waals surface area contributed by atoms with Gasteiger partial charge < -0.3 is 10.1 Å². The standard InChI is InChI=1S/C18H24N2O/c1-13-8-9-19-11-14(13)12-20-16-10-15(18(2,3)4)6-7-17(16)21-5/h6-11,20H,12H2,1-5H3. The molecular formula is C18H24N2O. The van der Waals surface area contributed by atoms with Gasteiger partial charge in [0.05, 0.1) is 12.8 Å². The lowest BCUT2D eigenvalue weighted by Gasteiger charge is -2.21. The van der Waals surface area contributed by atoms with Gasteiger partial charge in [0.2, 0.25) is 0 Å². The Morgan fingerprint density at radius 3 is 2.57 bits per heavy atom. The number of nitrogens with zero attached hydrogens (tertiary/aromatic N) is 1. The van der Waals surface area contributed by atoms with Crippen molar-refractivity contribution in [1.29, 1.82) is 0 Å². The Hall–Kier alpha value is -2.03. The second kappa shape index (κ2) is 6.17. The summed E-state index contributed by atoms with van der Waals surface area (Å²) in [5, 5.41) is 3.47. The molecule has 0 saturated carbocycles. The van der Waals surface area contributed by atoms with E-state index in [9.17, 15) is 0 Å². The van der Waals surface area contributed by atoms with Gasteiger partial charge >= 0.3 is 0 Å². The summed E-state index contributed by atoms with van der Waals surface area (Å²) in [6, 6.07) is 8.35. The zero-order valence-electron chi connectivity index (χ0n) is 13.5. The van der Waals surface area contributed by atoms with E-state index in [1.54, 1.807) is 7.11 Å². The summed E-state index contributed by atoms with van der Waals surface area (Å²) in [5.74, 6) is 0.865. The molecule has 0 saturated heterocycles. The van der Waals surface area contributed by atoms with Crippen LogP contribution in [0.5, 0.6) is 5.75 Å². The molecule has 0 fully saturated rings. The number of anilines is 1. The van der Waals surface area contributed by atoms with Gasteiger partial charge in [-0.2, -0.15) is 0 Å². The monoisotopic (exact) mass is 284 g/mol. The average Bonchev–Trinajstić information content (AvgIpc) is 2.45. The van der Waals surface area contributed by atoms with Crippen LogP contribution in [-0.2, 0) is 12.0 Å². The minimum atomic E-state index is 0.118. The van der Waals surface area contributed by atoms with Crippen molar-refractivity contribution in [3.05, 3.63) is 53.3 Å². The first-order valence-corrected chi connectivity index (χ1v) is 7.23. The fourth-order valence-electron chi connectivity index (χ4n) is 2.18. The van der Waals surface area contributed by atoms with Crippen LogP contribution < -0.4 is 10.1 Å². The van der Waals surface area contributed by atoms with Gasteiger partial charge in [-0.25, -0.2) is 0 Å². The number of aryl methyl sites for hydroxylation is 1. The maximum atomic E-state index is 5.45. The van der Waals surface area contributed by atoms with Crippen LogP contribution in [0.1, 0.15) is 37.5 Å². The number of nitrogens with one attached hydrogen (secondary N) is 1. The molecule has 0 aliphatic carbocycles. The normalized spacial score (nSPS) is 11.3. The highest BCUT2D eigenvalue weighted by molar-refractivity contribution is 5.59. The summed E-state index contributed by atoms with van der Waals surface area (Å²) in [6.45, 7) is 9.47. The molecule has 3 heteroatoms. The van der Waals surface area contributed by atoms with E-state index >= 15 is 0 Å². The topological polar surface area (TPSA) is 34.1 Å². The third-order valence-corrected chi connectivity index (χ3v) is 3.68. The molecule has 0 atom stereocenters. The second-order valence-electron chi connectivity index (χ2n) is 6.32. The first-order valence-electron chi connectivity index (χ1n) is 7.23. The Morgan fingerprint density at radius 1 is 1.19 bits per heavy atom. The zero-order valence-corrected chi connectivity index (χ0v) is 13.5. The highest BCUT2D eigenvalue weighted by atomic mass is 16.5. The molecule has 0 aliphatic rings. The SMILES string of the molecule is COc1ccc(C(C)(C)C)cc1NCc1cnccc1C. The molecule has 2 rings (SSSR count). The lowest BCUT2D eigenvalue weighted by Crippen LogP contribution is -2.12. The van der Waals surface area contributed by atoms with E-state index < -0.39 is 0 Å². The highest BCUT2D eigenvalue weighted by Crippen LogP contribution is 2.31. The minimum Gasteiger partial charge on any atom is -0.495 e. The van der Waals surface area contributed by atoms with Gasteiger partial charge in [0.1, 0.15) is 5.75 Å². The molecule has 1 aromatic carbocycles. The molecule has 0 amide bonds. The number of ether oxygens (including phenoxy) is 1. The molecule has 0 aliphatic heterocycles. The van der Waals surface area contributed by atoms with Crippen molar-refractivity contribution in [2.45, 2.75) is 39.7 Å². The summed E-state index contributed by atoms with van der Waals surface area (Å²) in [4.78, 5) is 4.19. The summed E-state index contributed by atoms with van der Waals surface area (Å²) >= 11 is 0. The smallest absolute Gasteiger partial charge is 0.141 e. The number of hydrogen-bond acceptors (Lipinski definition) is 3. The van der Waals surface area contributed by atoms with Crippen molar-refractivity contribution in [2.24, 2.45) is 0 Å². The highest BCUT2D eigenvalue weighted by Gasteiger charge is 2.15. The van der Waals surface area contributed by atoms with E-state index in [0.29, 0.717) is 0 Å². The molecule has 1 N–H and O–H groups in total. The number of benzene rings is 1. The van der Waals surface area contributed by atoms with Crippen LogP contribution in [0.3, 0.4) is 0 Å². The summed E-state index contributed by atoms with van der Waals surface area (Å²) in [7, 11) is 1.70. The van der Waals surface area contributed by atoms with Crippen molar-refractivity contribution >= 4 is 5.69 Å². The molecule has 2 aromatic rings. The molecular weight excluding hydrogens is 260 g/mol. The molecule has 1 heterocycles. The average molecular weight is 284 g/mol. The molecule has 0 unspecified atom stereocenters. The number of aromatic nitrogens is 1. The maximum absolute atomic E-state index is 5.45. The number of rotatable bonds is 4. The second-order valence-corrected chi connectivity index (χ2v) is 6.32. The van der Waals surface area contributed by atoms with E-state index in [1.807, 2.05) is 24.5 Å². The van der Waals surface area contributed by atoms with Crippen LogP contribution in [0, 0.1) is 6.92 Å². The molecule has 21 heavy (non-hydrogen) atoms. The van der Waals surface area contributed by atoms with Crippen molar-refractivity contribution in [2.75, 3.05) is 12.4 Å². The lowest BCUT2D eigenvalue weighted by molar-refractivity contribution is 0.416. The van der Waals surface area contributed by atoms with Crippen LogP contribution in [-0.4, -0.2) is 12.1 Å². The fourth-order valence-corrected chi connectivity index (χ4v) is 2.18. The van der Waals surface area contributed by atoms with Gasteiger partial charge in [0, 0.05) is 18.9 Å². The Bertz CT molecular complexity index is 615. The van der Waals surface area contributed by atoms with Crippen LogP contribution in [0.25, 0.3) is 0 Å². The molecule has 0 radical (unpaired) electrons. The van der Waals surface area contributed by atoms with E-state index in [4.69, 9.17) is 4.74 Å². The van der Waals surface area contributed by atoms with E-state index in [2.05, 4.69) is 50.1 Å². The van der Waals surface area contributed by atoms with E-state index in [0.717, 1.165) is 18.0 Å².